The molecule has 0 radical (unpaired) electrons. The third kappa shape index (κ3) is 2.69. The van der Waals surface area contributed by atoms with Crippen LogP contribution >= 0.6 is 0 Å². The van der Waals surface area contributed by atoms with Crippen molar-refractivity contribution < 1.29 is 0 Å². The molecule has 2 aromatic rings. The monoisotopic (exact) mass is 252 g/mol. The first kappa shape index (κ1) is 13.4. The fourth-order valence-corrected chi connectivity index (χ4v) is 2.39. The molecule has 98 valence electrons. The minimum absolute atomic E-state index is 0.995. The van der Waals surface area contributed by atoms with Crippen molar-refractivity contribution in [3.05, 3.63) is 65.7 Å². The van der Waals surface area contributed by atoms with Gasteiger partial charge in [0, 0.05) is 18.4 Å². The Bertz CT molecular complexity index is 573. The van der Waals surface area contributed by atoms with Gasteiger partial charge < -0.3 is 10.6 Å². The van der Waals surface area contributed by atoms with Crippen molar-refractivity contribution in [1.82, 2.24) is 0 Å². The number of hydrogen-bond acceptors (Lipinski definition) is 2. The van der Waals surface area contributed by atoms with Crippen LogP contribution in [0.3, 0.4) is 0 Å². The first-order valence-electron chi connectivity index (χ1n) is 6.51. The smallest absolute Gasteiger partial charge is 0.0481 e. The second-order valence-corrected chi connectivity index (χ2v) is 4.35. The second-order valence-electron chi connectivity index (χ2n) is 4.35. The van der Waals surface area contributed by atoms with Gasteiger partial charge >= 0.3 is 0 Å². The second kappa shape index (κ2) is 6.21. The summed E-state index contributed by atoms with van der Waals surface area (Å²) in [5, 5.41) is 0. The van der Waals surface area contributed by atoms with Crippen LogP contribution in [0.15, 0.2) is 54.6 Å². The van der Waals surface area contributed by atoms with Crippen LogP contribution in [0, 0.1) is 0 Å². The van der Waals surface area contributed by atoms with Crippen LogP contribution in [-0.4, -0.2) is 14.1 Å². The zero-order valence-electron chi connectivity index (χ0n) is 11.5. The Labute approximate surface area is 115 Å². The number of fused-ring (bicyclic) bond motifs is 2. The number of nitrogens with zero attached hydrogens (tertiary/aromatic N) is 1. The average molecular weight is 252 g/mol. The number of para-hydroxylation sites is 2. The summed E-state index contributed by atoms with van der Waals surface area (Å²) in [6.07, 6.45) is 5.45. The van der Waals surface area contributed by atoms with Crippen LogP contribution in [0.1, 0.15) is 11.1 Å². The van der Waals surface area contributed by atoms with Gasteiger partial charge in [-0.05, 0) is 36.7 Å². The molecule has 0 saturated heterocycles. The molecule has 3 rings (SSSR count). The fraction of sp³-hybridized carbons (Fsp3) is 0.176. The molecular weight excluding hydrogens is 232 g/mol. The highest BCUT2D eigenvalue weighted by Gasteiger charge is 2.12. The molecule has 0 bridgehead atoms. The fourth-order valence-electron chi connectivity index (χ4n) is 2.39. The van der Waals surface area contributed by atoms with E-state index in [9.17, 15) is 0 Å². The van der Waals surface area contributed by atoms with Crippen LogP contribution in [0.25, 0.3) is 6.08 Å². The molecular formula is C17H20N2. The van der Waals surface area contributed by atoms with Gasteiger partial charge in [-0.2, -0.15) is 0 Å². The Kier molecular flexibility index (Phi) is 4.37. The quantitative estimate of drug-likeness (QED) is 0.776. The third-order valence-corrected chi connectivity index (χ3v) is 3.29. The molecule has 0 atom stereocenters. The Morgan fingerprint density at radius 1 is 0.895 bits per heavy atom. The van der Waals surface area contributed by atoms with Crippen LogP contribution in [0.4, 0.5) is 11.4 Å². The zero-order valence-corrected chi connectivity index (χ0v) is 11.5. The van der Waals surface area contributed by atoms with Gasteiger partial charge in [0.25, 0.3) is 0 Å². The molecule has 1 aliphatic rings. The molecule has 0 unspecified atom stereocenters. The maximum atomic E-state index is 4.50. The maximum Gasteiger partial charge on any atom is 0.0481 e. The van der Waals surface area contributed by atoms with Gasteiger partial charge in [0.1, 0.15) is 0 Å². The molecule has 2 nitrogen and oxygen atoms in total. The van der Waals surface area contributed by atoms with E-state index in [0.29, 0.717) is 0 Å². The summed E-state index contributed by atoms with van der Waals surface area (Å²) in [7, 11) is 3.64. The number of anilines is 2. The van der Waals surface area contributed by atoms with Gasteiger partial charge in [-0.1, -0.05) is 48.6 Å². The molecule has 2 aromatic carbocycles. The Hall–Kier alpha value is -2.06. The highest BCUT2D eigenvalue weighted by molar-refractivity contribution is 5.76. The van der Waals surface area contributed by atoms with Gasteiger partial charge in [0.05, 0.1) is 0 Å². The van der Waals surface area contributed by atoms with Gasteiger partial charge in [-0.25, -0.2) is 0 Å². The summed E-state index contributed by atoms with van der Waals surface area (Å²) < 4.78 is 0. The van der Waals surface area contributed by atoms with Crippen molar-refractivity contribution in [3.63, 3.8) is 0 Å². The van der Waals surface area contributed by atoms with Crippen molar-refractivity contribution in [2.45, 2.75) is 6.42 Å². The molecule has 1 aliphatic heterocycles. The predicted molar refractivity (Wildman–Crippen MR) is 83.8 cm³/mol. The molecule has 2 heteroatoms. The summed E-state index contributed by atoms with van der Waals surface area (Å²) >= 11 is 0. The number of rotatable bonds is 0. The summed E-state index contributed by atoms with van der Waals surface area (Å²) in [5.74, 6) is 0. The van der Waals surface area contributed by atoms with Crippen LogP contribution in [0.2, 0.25) is 0 Å². The van der Waals surface area contributed by atoms with E-state index in [0.717, 1.165) is 6.42 Å². The van der Waals surface area contributed by atoms with Crippen LogP contribution in [0.5, 0.6) is 0 Å². The van der Waals surface area contributed by atoms with E-state index < -0.39 is 0 Å². The molecule has 0 saturated carbocycles. The minimum Gasteiger partial charge on any atom is -0.344 e. The van der Waals surface area contributed by atoms with E-state index in [1.165, 1.54) is 29.5 Å². The lowest BCUT2D eigenvalue weighted by Crippen LogP contribution is -2.13. The first-order chi connectivity index (χ1) is 9.36. The van der Waals surface area contributed by atoms with Crippen molar-refractivity contribution in [2.24, 2.45) is 5.73 Å². The molecule has 2 N–H and O–H groups in total. The Balaban J connectivity index is 0.000000637. The number of nitrogens with two attached hydrogens (primary N) is 1. The van der Waals surface area contributed by atoms with Crippen molar-refractivity contribution in [1.29, 1.82) is 0 Å². The van der Waals surface area contributed by atoms with Gasteiger partial charge in [0.15, 0.2) is 0 Å². The summed E-state index contributed by atoms with van der Waals surface area (Å²) in [6.45, 7) is 0. The number of hydrogen-bond donors (Lipinski definition) is 1. The maximum absolute atomic E-state index is 4.50. The van der Waals surface area contributed by atoms with E-state index in [-0.39, 0.29) is 0 Å². The van der Waals surface area contributed by atoms with Crippen LogP contribution in [-0.2, 0) is 6.42 Å². The lowest BCUT2D eigenvalue weighted by Gasteiger charge is -2.25. The highest BCUT2D eigenvalue weighted by Crippen LogP contribution is 2.32. The molecule has 0 spiro atoms. The summed E-state index contributed by atoms with van der Waals surface area (Å²) in [4.78, 5) is 2.27. The lowest BCUT2D eigenvalue weighted by atomic mass is 10.0. The van der Waals surface area contributed by atoms with Crippen molar-refractivity contribution >= 4 is 17.5 Å². The van der Waals surface area contributed by atoms with E-state index in [2.05, 4.69) is 78.4 Å². The standard InChI is InChI=1S/C16H15N.CH5N/c1-17-15-11-4-2-7-13(15)9-6-10-14-8-3-5-12-16(14)17;1-2/h2-9,11-12H,10H2,1H3;2H2,1H3/b9-6-;. The van der Waals surface area contributed by atoms with E-state index in [4.69, 9.17) is 0 Å². The number of benzene rings is 2. The highest BCUT2D eigenvalue weighted by atomic mass is 15.1. The van der Waals surface area contributed by atoms with E-state index >= 15 is 0 Å². The summed E-state index contributed by atoms with van der Waals surface area (Å²) in [6, 6.07) is 17.1. The Morgan fingerprint density at radius 2 is 1.53 bits per heavy atom. The number of allylic oxidation sites excluding steroid dienone is 1. The molecule has 1 heterocycles. The SMILES string of the molecule is CN.CN1c2ccccc2/C=C\Cc2ccccc21. The Morgan fingerprint density at radius 3 is 2.32 bits per heavy atom. The average Bonchev–Trinajstić information content (AvgIpc) is 2.48. The molecule has 0 fully saturated rings. The normalized spacial score (nSPS) is 14.2. The molecule has 19 heavy (non-hydrogen) atoms. The minimum atomic E-state index is 0.995. The van der Waals surface area contributed by atoms with Crippen molar-refractivity contribution in [3.8, 4) is 0 Å². The van der Waals surface area contributed by atoms with Crippen molar-refractivity contribution in [2.75, 3.05) is 19.0 Å². The topological polar surface area (TPSA) is 29.3 Å². The van der Waals surface area contributed by atoms with Crippen LogP contribution < -0.4 is 10.6 Å². The van der Waals surface area contributed by atoms with E-state index in [1.807, 2.05) is 0 Å². The molecule has 0 aliphatic carbocycles. The third-order valence-electron chi connectivity index (χ3n) is 3.29. The van der Waals surface area contributed by atoms with Gasteiger partial charge in [-0.3, -0.25) is 0 Å². The first-order valence-corrected chi connectivity index (χ1v) is 6.51. The van der Waals surface area contributed by atoms with E-state index in [1.54, 1.807) is 0 Å². The largest absolute Gasteiger partial charge is 0.344 e. The molecule has 0 amide bonds. The zero-order chi connectivity index (χ0) is 13.7. The predicted octanol–water partition coefficient (Wildman–Crippen LogP) is 3.60. The lowest BCUT2D eigenvalue weighted by molar-refractivity contribution is 1.14. The molecule has 0 aromatic heterocycles. The summed E-state index contributed by atoms with van der Waals surface area (Å²) in [5.41, 5.74) is 9.71. The van der Waals surface area contributed by atoms with Gasteiger partial charge in [-0.15, -0.1) is 0 Å². The van der Waals surface area contributed by atoms with Gasteiger partial charge in [0.2, 0.25) is 0 Å².